The van der Waals surface area contributed by atoms with Crippen molar-refractivity contribution >= 4 is 5.91 Å². The maximum atomic E-state index is 12.5. The van der Waals surface area contributed by atoms with Crippen molar-refractivity contribution in [2.45, 2.75) is 33.4 Å². The Balaban J connectivity index is 1.28. The first-order valence-electron chi connectivity index (χ1n) is 10.6. The predicted molar refractivity (Wildman–Crippen MR) is 113 cm³/mol. The molecule has 7 nitrogen and oxygen atoms in total. The molecule has 2 aliphatic rings. The molecule has 2 aliphatic heterocycles. The van der Waals surface area contributed by atoms with Crippen molar-refractivity contribution in [1.29, 1.82) is 0 Å². The van der Waals surface area contributed by atoms with Gasteiger partial charge in [0.25, 0.3) is 0 Å². The van der Waals surface area contributed by atoms with E-state index in [1.165, 1.54) is 0 Å². The average molecular weight is 398 g/mol. The van der Waals surface area contributed by atoms with Crippen LogP contribution in [0.1, 0.15) is 24.5 Å². The fraction of sp³-hybridized carbons (Fsp3) is 0.545. The van der Waals surface area contributed by atoms with Crippen LogP contribution in [0.2, 0.25) is 0 Å². The van der Waals surface area contributed by atoms with Gasteiger partial charge in [-0.05, 0) is 38.6 Å². The van der Waals surface area contributed by atoms with E-state index in [2.05, 4.69) is 40.1 Å². The highest BCUT2D eigenvalue weighted by molar-refractivity contribution is 5.78. The van der Waals surface area contributed by atoms with Gasteiger partial charge in [-0.3, -0.25) is 9.48 Å². The molecule has 1 fully saturated rings. The number of rotatable bonds is 7. The lowest BCUT2D eigenvalue weighted by Crippen LogP contribution is -2.46. The molecule has 0 unspecified atom stereocenters. The zero-order chi connectivity index (χ0) is 20.2. The number of likely N-dealkylation sites (N-methyl/N-ethyl adjacent to an activating group) is 1. The monoisotopic (exact) mass is 397 g/mol. The number of ether oxygens (including phenoxy) is 1. The Kier molecular flexibility index (Phi) is 6.16. The number of benzene rings is 1. The molecular formula is C22H31N5O2. The minimum atomic E-state index is 0.00685. The van der Waals surface area contributed by atoms with Gasteiger partial charge in [0.2, 0.25) is 5.91 Å². The van der Waals surface area contributed by atoms with E-state index in [9.17, 15) is 4.79 Å². The third-order valence-corrected chi connectivity index (χ3v) is 5.87. The van der Waals surface area contributed by atoms with Crippen LogP contribution in [-0.2, 0) is 17.9 Å². The van der Waals surface area contributed by atoms with Gasteiger partial charge in [-0.25, -0.2) is 0 Å². The summed E-state index contributed by atoms with van der Waals surface area (Å²) in [7, 11) is 0. The van der Waals surface area contributed by atoms with Crippen molar-refractivity contribution in [3.8, 4) is 17.0 Å². The lowest BCUT2D eigenvalue weighted by atomic mass is 10.0. The van der Waals surface area contributed by atoms with E-state index in [1.54, 1.807) is 4.68 Å². The number of carbonyl (C=O) groups is 1. The van der Waals surface area contributed by atoms with Gasteiger partial charge in [-0.15, -0.1) is 0 Å². The number of fused-ring (bicyclic) bond motifs is 3. The predicted octanol–water partition coefficient (Wildman–Crippen LogP) is 1.89. The highest BCUT2D eigenvalue weighted by Gasteiger charge is 2.23. The van der Waals surface area contributed by atoms with E-state index in [0.717, 1.165) is 73.8 Å². The lowest BCUT2D eigenvalue weighted by Gasteiger charge is -2.33. The first-order chi connectivity index (χ1) is 14.1. The summed E-state index contributed by atoms with van der Waals surface area (Å²) in [6, 6.07) is 6.13. The van der Waals surface area contributed by atoms with Crippen LogP contribution in [0.5, 0.6) is 5.75 Å². The summed E-state index contributed by atoms with van der Waals surface area (Å²) in [5, 5.41) is 7.50. The molecule has 1 saturated heterocycles. The summed E-state index contributed by atoms with van der Waals surface area (Å²) in [6.07, 6.45) is 2.79. The molecule has 2 aromatic rings. The highest BCUT2D eigenvalue weighted by Crippen LogP contribution is 2.37. The summed E-state index contributed by atoms with van der Waals surface area (Å²) in [5.74, 6) is 0.862. The number of aryl methyl sites for hydroxylation is 1. The Labute approximate surface area is 172 Å². The van der Waals surface area contributed by atoms with Gasteiger partial charge in [0.1, 0.15) is 18.9 Å². The van der Waals surface area contributed by atoms with Gasteiger partial charge >= 0.3 is 0 Å². The molecule has 0 saturated carbocycles. The van der Waals surface area contributed by atoms with Gasteiger partial charge in [0.05, 0.1) is 11.9 Å². The van der Waals surface area contributed by atoms with Crippen molar-refractivity contribution < 1.29 is 9.53 Å². The molecule has 1 N–H and O–H groups in total. The molecule has 0 radical (unpaired) electrons. The first-order valence-corrected chi connectivity index (χ1v) is 10.6. The molecule has 29 heavy (non-hydrogen) atoms. The van der Waals surface area contributed by atoms with Gasteiger partial charge in [0, 0.05) is 43.9 Å². The molecule has 0 aliphatic carbocycles. The zero-order valence-corrected chi connectivity index (χ0v) is 17.5. The molecular weight excluding hydrogens is 366 g/mol. The van der Waals surface area contributed by atoms with Crippen LogP contribution in [0, 0.1) is 6.92 Å². The third kappa shape index (κ3) is 4.62. The van der Waals surface area contributed by atoms with E-state index in [1.807, 2.05) is 18.3 Å². The van der Waals surface area contributed by atoms with E-state index >= 15 is 0 Å². The summed E-state index contributed by atoms with van der Waals surface area (Å²) in [5.41, 5.74) is 4.21. The van der Waals surface area contributed by atoms with Gasteiger partial charge in [-0.2, -0.15) is 5.10 Å². The van der Waals surface area contributed by atoms with Gasteiger partial charge in [-0.1, -0.05) is 18.6 Å². The number of hydrogen-bond donors (Lipinski definition) is 1. The highest BCUT2D eigenvalue weighted by atomic mass is 16.5. The first kappa shape index (κ1) is 19.9. The standard InChI is InChI=1S/C22H31N5O2/c1-3-25-9-11-26(12-10-25)8-4-7-23-21(28)15-27-22-18(14-24-27)16-29-20-6-5-17(2)13-19(20)22/h5-6,13-14H,3-4,7-12,15-16H2,1-2H3,(H,23,28). The second kappa shape index (κ2) is 8.97. The van der Waals surface area contributed by atoms with Gasteiger partial charge in [0.15, 0.2) is 0 Å². The molecule has 0 atom stereocenters. The molecule has 1 amide bonds. The summed E-state index contributed by atoms with van der Waals surface area (Å²) in [6.45, 7) is 12.4. The number of hydrogen-bond acceptors (Lipinski definition) is 5. The lowest BCUT2D eigenvalue weighted by molar-refractivity contribution is -0.121. The zero-order valence-electron chi connectivity index (χ0n) is 17.5. The van der Waals surface area contributed by atoms with Crippen LogP contribution in [0.4, 0.5) is 0 Å². The largest absolute Gasteiger partial charge is 0.488 e. The third-order valence-electron chi connectivity index (χ3n) is 5.87. The molecule has 0 bridgehead atoms. The normalized spacial score (nSPS) is 16.8. The second-order valence-electron chi connectivity index (χ2n) is 7.94. The quantitative estimate of drug-likeness (QED) is 0.723. The topological polar surface area (TPSA) is 62.6 Å². The summed E-state index contributed by atoms with van der Waals surface area (Å²) in [4.78, 5) is 17.5. The number of piperazine rings is 1. The maximum Gasteiger partial charge on any atom is 0.241 e. The molecule has 3 heterocycles. The summed E-state index contributed by atoms with van der Waals surface area (Å²) >= 11 is 0. The van der Waals surface area contributed by atoms with Crippen LogP contribution in [0.3, 0.4) is 0 Å². The minimum absolute atomic E-state index is 0.00685. The average Bonchev–Trinajstić information content (AvgIpc) is 3.15. The van der Waals surface area contributed by atoms with E-state index in [0.29, 0.717) is 13.2 Å². The smallest absolute Gasteiger partial charge is 0.241 e. The van der Waals surface area contributed by atoms with Crippen molar-refractivity contribution in [3.63, 3.8) is 0 Å². The molecule has 156 valence electrons. The number of nitrogens with zero attached hydrogens (tertiary/aromatic N) is 4. The molecule has 1 aromatic carbocycles. The van der Waals surface area contributed by atoms with Crippen LogP contribution in [-0.4, -0.2) is 71.3 Å². The molecule has 7 heteroatoms. The van der Waals surface area contributed by atoms with Crippen LogP contribution < -0.4 is 10.1 Å². The Morgan fingerprint density at radius 1 is 1.21 bits per heavy atom. The Morgan fingerprint density at radius 2 is 2.00 bits per heavy atom. The van der Waals surface area contributed by atoms with Crippen LogP contribution >= 0.6 is 0 Å². The number of aromatic nitrogens is 2. The fourth-order valence-electron chi connectivity index (χ4n) is 4.12. The Hall–Kier alpha value is -2.38. The van der Waals surface area contributed by atoms with E-state index in [-0.39, 0.29) is 12.5 Å². The van der Waals surface area contributed by atoms with Crippen molar-refractivity contribution in [1.82, 2.24) is 24.9 Å². The van der Waals surface area contributed by atoms with Crippen LogP contribution in [0.25, 0.3) is 11.3 Å². The van der Waals surface area contributed by atoms with E-state index < -0.39 is 0 Å². The Morgan fingerprint density at radius 3 is 2.79 bits per heavy atom. The minimum Gasteiger partial charge on any atom is -0.488 e. The van der Waals surface area contributed by atoms with Crippen molar-refractivity contribution in [2.24, 2.45) is 0 Å². The van der Waals surface area contributed by atoms with Crippen molar-refractivity contribution in [3.05, 3.63) is 35.5 Å². The van der Waals surface area contributed by atoms with Crippen LogP contribution in [0.15, 0.2) is 24.4 Å². The number of amides is 1. The number of carbonyl (C=O) groups excluding carboxylic acids is 1. The van der Waals surface area contributed by atoms with Gasteiger partial charge < -0.3 is 19.9 Å². The number of nitrogens with one attached hydrogen (secondary N) is 1. The summed E-state index contributed by atoms with van der Waals surface area (Å²) < 4.78 is 7.61. The fourth-order valence-corrected chi connectivity index (χ4v) is 4.12. The molecule has 1 aromatic heterocycles. The molecule has 0 spiro atoms. The maximum absolute atomic E-state index is 12.5. The molecule has 4 rings (SSSR count). The Bertz CT molecular complexity index is 855. The second-order valence-corrected chi connectivity index (χ2v) is 7.94. The van der Waals surface area contributed by atoms with Crippen molar-refractivity contribution in [2.75, 3.05) is 45.8 Å². The van der Waals surface area contributed by atoms with E-state index in [4.69, 9.17) is 4.74 Å². The SMILES string of the molecule is CCN1CCN(CCCNC(=O)Cn2ncc3c2-c2cc(C)ccc2OC3)CC1.